The van der Waals surface area contributed by atoms with Crippen molar-refractivity contribution in [3.63, 3.8) is 0 Å². The minimum absolute atomic E-state index is 0.0388. The molecule has 150 valence electrons. The van der Waals surface area contributed by atoms with Gasteiger partial charge < -0.3 is 20.1 Å². The largest absolute Gasteiger partial charge is 0.490 e. The number of sulfonamides is 1. The number of nitrogens with one attached hydrogen (secondary N) is 3. The van der Waals surface area contributed by atoms with Crippen LogP contribution in [-0.4, -0.2) is 52.7 Å². The summed E-state index contributed by atoms with van der Waals surface area (Å²) >= 11 is 0. The Labute approximate surface area is 160 Å². The molecule has 0 saturated carbocycles. The lowest BCUT2D eigenvalue weighted by Crippen LogP contribution is -2.52. The zero-order chi connectivity index (χ0) is 19.3. The lowest BCUT2D eigenvalue weighted by atomic mass is 10.00. The highest BCUT2D eigenvalue weighted by Crippen LogP contribution is 2.31. The van der Waals surface area contributed by atoms with Crippen LogP contribution >= 0.6 is 0 Å². The van der Waals surface area contributed by atoms with Crippen molar-refractivity contribution in [1.29, 1.82) is 0 Å². The average molecular weight is 397 g/mol. The zero-order valence-corrected chi connectivity index (χ0v) is 16.3. The molecule has 2 atom stereocenters. The number of rotatable bonds is 6. The molecule has 0 radical (unpaired) electrons. The maximum atomic E-state index is 12.5. The molecule has 1 aromatic carbocycles. The number of ether oxygens (including phenoxy) is 2. The Hall–Kier alpha value is -1.84. The molecule has 2 aliphatic heterocycles. The maximum absolute atomic E-state index is 12.5. The van der Waals surface area contributed by atoms with Crippen molar-refractivity contribution in [3.05, 3.63) is 18.2 Å². The second-order valence-electron chi connectivity index (χ2n) is 6.87. The van der Waals surface area contributed by atoms with Gasteiger partial charge in [-0.3, -0.25) is 4.79 Å². The average Bonchev–Trinajstić information content (AvgIpc) is 2.88. The van der Waals surface area contributed by atoms with Crippen molar-refractivity contribution >= 4 is 15.9 Å². The van der Waals surface area contributed by atoms with Crippen LogP contribution in [0, 0.1) is 0 Å². The fraction of sp³-hybridized carbons (Fsp3) is 0.611. The molecule has 1 aromatic rings. The summed E-state index contributed by atoms with van der Waals surface area (Å²) in [6.07, 6.45) is 2.79. The highest BCUT2D eigenvalue weighted by Gasteiger charge is 2.23. The Morgan fingerprint density at radius 3 is 2.78 bits per heavy atom. The van der Waals surface area contributed by atoms with Crippen molar-refractivity contribution < 1.29 is 22.7 Å². The number of carbonyl (C=O) groups excluding carboxylic acids is 1. The smallest absolute Gasteiger partial charge is 0.240 e. The van der Waals surface area contributed by atoms with Gasteiger partial charge in [0, 0.05) is 37.5 Å². The van der Waals surface area contributed by atoms with Gasteiger partial charge in [0.05, 0.1) is 18.1 Å². The Bertz CT molecular complexity index is 768. The molecule has 1 amide bonds. The molecular weight excluding hydrogens is 370 g/mol. The van der Waals surface area contributed by atoms with E-state index in [4.69, 9.17) is 9.47 Å². The Morgan fingerprint density at radius 1 is 1.22 bits per heavy atom. The number of benzene rings is 1. The molecule has 0 aromatic heterocycles. The Kier molecular flexibility index (Phi) is 6.56. The predicted molar refractivity (Wildman–Crippen MR) is 100 cm³/mol. The van der Waals surface area contributed by atoms with E-state index in [0.717, 1.165) is 25.8 Å². The molecule has 1 fully saturated rings. The van der Waals surface area contributed by atoms with Crippen molar-refractivity contribution in [2.24, 2.45) is 0 Å². The minimum atomic E-state index is -3.72. The number of piperidine rings is 1. The number of carbonyl (C=O) groups is 1. The van der Waals surface area contributed by atoms with Gasteiger partial charge in [-0.05, 0) is 38.4 Å². The molecule has 0 spiro atoms. The third kappa shape index (κ3) is 5.33. The second kappa shape index (κ2) is 8.90. The van der Waals surface area contributed by atoms with Gasteiger partial charge in [0.1, 0.15) is 0 Å². The van der Waals surface area contributed by atoms with Gasteiger partial charge in [-0.1, -0.05) is 0 Å². The summed E-state index contributed by atoms with van der Waals surface area (Å²) in [6.45, 7) is 4.07. The van der Waals surface area contributed by atoms with Crippen molar-refractivity contribution in [2.75, 3.05) is 26.3 Å². The molecule has 1 saturated heterocycles. The minimum Gasteiger partial charge on any atom is -0.490 e. The molecule has 3 N–H and O–H groups in total. The fourth-order valence-corrected chi connectivity index (χ4v) is 4.26. The van der Waals surface area contributed by atoms with Gasteiger partial charge in [-0.2, -0.15) is 0 Å². The summed E-state index contributed by atoms with van der Waals surface area (Å²) in [5.41, 5.74) is 0. The van der Waals surface area contributed by atoms with E-state index in [1.54, 1.807) is 6.07 Å². The summed E-state index contributed by atoms with van der Waals surface area (Å²) in [6, 6.07) is 4.84. The number of fused-ring (bicyclic) bond motifs is 1. The van der Waals surface area contributed by atoms with Crippen molar-refractivity contribution in [2.45, 2.75) is 49.6 Å². The van der Waals surface area contributed by atoms with E-state index in [1.165, 1.54) is 12.1 Å². The van der Waals surface area contributed by atoms with E-state index < -0.39 is 10.0 Å². The zero-order valence-electron chi connectivity index (χ0n) is 15.5. The van der Waals surface area contributed by atoms with Gasteiger partial charge in [-0.25, -0.2) is 13.1 Å². The van der Waals surface area contributed by atoms with Gasteiger partial charge in [0.25, 0.3) is 0 Å². The molecule has 2 unspecified atom stereocenters. The summed E-state index contributed by atoms with van der Waals surface area (Å²) < 4.78 is 38.5. The molecule has 0 aliphatic carbocycles. The SMILES string of the molecule is CC1NCCCC1NC(=O)CCNS(=O)(=O)c1ccc2c(c1)OCCCO2. The van der Waals surface area contributed by atoms with E-state index in [1.807, 2.05) is 6.92 Å². The van der Waals surface area contributed by atoms with Crippen LogP contribution in [0.25, 0.3) is 0 Å². The van der Waals surface area contributed by atoms with E-state index >= 15 is 0 Å². The van der Waals surface area contributed by atoms with Crippen LogP contribution < -0.4 is 24.8 Å². The van der Waals surface area contributed by atoms with Gasteiger partial charge in [0.15, 0.2) is 11.5 Å². The summed E-state index contributed by atoms with van der Waals surface area (Å²) in [5.74, 6) is 0.810. The molecule has 27 heavy (non-hydrogen) atoms. The first kappa shape index (κ1) is 19.9. The second-order valence-corrected chi connectivity index (χ2v) is 8.63. The first-order chi connectivity index (χ1) is 13.0. The van der Waals surface area contributed by atoms with Crippen LogP contribution in [0.3, 0.4) is 0 Å². The molecule has 2 heterocycles. The Morgan fingerprint density at radius 2 is 2.00 bits per heavy atom. The van der Waals surface area contributed by atoms with Crippen LogP contribution in [0.1, 0.15) is 32.6 Å². The fourth-order valence-electron chi connectivity index (χ4n) is 3.21. The molecule has 2 aliphatic rings. The summed E-state index contributed by atoms with van der Waals surface area (Å²) in [4.78, 5) is 12.2. The van der Waals surface area contributed by atoms with Crippen LogP contribution in [0.5, 0.6) is 11.5 Å². The highest BCUT2D eigenvalue weighted by atomic mass is 32.2. The molecule has 8 nitrogen and oxygen atoms in total. The molecule has 0 bridgehead atoms. The van der Waals surface area contributed by atoms with E-state index in [9.17, 15) is 13.2 Å². The lowest BCUT2D eigenvalue weighted by molar-refractivity contribution is -0.122. The van der Waals surface area contributed by atoms with E-state index in [0.29, 0.717) is 24.7 Å². The third-order valence-corrected chi connectivity index (χ3v) is 6.24. The van der Waals surface area contributed by atoms with Crippen LogP contribution in [0.4, 0.5) is 0 Å². The topological polar surface area (TPSA) is 106 Å². The molecule has 3 rings (SSSR count). The number of hydrogen-bond acceptors (Lipinski definition) is 6. The van der Waals surface area contributed by atoms with Crippen molar-refractivity contribution in [1.82, 2.24) is 15.4 Å². The van der Waals surface area contributed by atoms with Crippen LogP contribution in [0.15, 0.2) is 23.1 Å². The maximum Gasteiger partial charge on any atom is 0.240 e. The molecular formula is C18H27N3O5S. The quantitative estimate of drug-likeness (QED) is 0.655. The number of amides is 1. The molecule has 9 heteroatoms. The van der Waals surface area contributed by atoms with Gasteiger partial charge in [-0.15, -0.1) is 0 Å². The highest BCUT2D eigenvalue weighted by molar-refractivity contribution is 7.89. The van der Waals surface area contributed by atoms with Crippen LogP contribution in [0.2, 0.25) is 0 Å². The summed E-state index contributed by atoms with van der Waals surface area (Å²) in [7, 11) is -3.72. The van der Waals surface area contributed by atoms with Crippen LogP contribution in [-0.2, 0) is 14.8 Å². The number of hydrogen-bond donors (Lipinski definition) is 3. The van der Waals surface area contributed by atoms with Gasteiger partial charge in [0.2, 0.25) is 15.9 Å². The predicted octanol–water partition coefficient (Wildman–Crippen LogP) is 0.773. The normalized spacial score (nSPS) is 22.7. The first-order valence-corrected chi connectivity index (χ1v) is 10.9. The standard InChI is InChI=1S/C18H27N3O5S/c1-13-15(4-2-8-19-13)21-18(22)7-9-20-27(23,24)14-5-6-16-17(12-14)26-11-3-10-25-16/h5-6,12-13,15,19-20H,2-4,7-11H2,1H3,(H,21,22). The third-order valence-electron chi connectivity index (χ3n) is 4.78. The van der Waals surface area contributed by atoms with E-state index in [-0.39, 0.29) is 35.9 Å². The first-order valence-electron chi connectivity index (χ1n) is 9.38. The van der Waals surface area contributed by atoms with Gasteiger partial charge >= 0.3 is 0 Å². The van der Waals surface area contributed by atoms with E-state index in [2.05, 4.69) is 15.4 Å². The monoisotopic (exact) mass is 397 g/mol. The summed E-state index contributed by atoms with van der Waals surface area (Å²) in [5, 5.41) is 6.29. The lowest BCUT2D eigenvalue weighted by Gasteiger charge is -2.30. The Balaban J connectivity index is 1.52. The van der Waals surface area contributed by atoms with Crippen molar-refractivity contribution in [3.8, 4) is 11.5 Å².